The quantitative estimate of drug-likeness (QED) is 0.703. The summed E-state index contributed by atoms with van der Waals surface area (Å²) in [6, 6.07) is 5.32. The van der Waals surface area contributed by atoms with Crippen molar-refractivity contribution in [3.05, 3.63) is 34.2 Å². The highest BCUT2D eigenvalue weighted by Gasteiger charge is 2.32. The van der Waals surface area contributed by atoms with E-state index in [1.54, 1.807) is 23.3 Å². The number of amides is 2. The molecule has 5 rings (SSSR count). The van der Waals surface area contributed by atoms with E-state index in [0.717, 1.165) is 36.8 Å². The fourth-order valence-corrected chi connectivity index (χ4v) is 4.81. The van der Waals surface area contributed by atoms with Crippen LogP contribution in [0.3, 0.4) is 0 Å². The second kappa shape index (κ2) is 9.54. The van der Waals surface area contributed by atoms with Gasteiger partial charge in [-0.2, -0.15) is 0 Å². The number of fused-ring (bicyclic) bond motifs is 1. The van der Waals surface area contributed by atoms with E-state index in [2.05, 4.69) is 16.7 Å². The summed E-state index contributed by atoms with van der Waals surface area (Å²) in [5.41, 5.74) is 2.71. The third kappa shape index (κ3) is 4.23. The molecule has 2 amide bonds. The molecule has 0 spiro atoms. The zero-order valence-corrected chi connectivity index (χ0v) is 18.6. The Labute approximate surface area is 186 Å². The van der Waals surface area contributed by atoms with Gasteiger partial charge >= 0.3 is 5.69 Å². The van der Waals surface area contributed by atoms with Crippen LogP contribution >= 0.6 is 0 Å². The molecule has 3 atom stereocenters. The zero-order chi connectivity index (χ0) is 22.8. The predicted molar refractivity (Wildman–Crippen MR) is 118 cm³/mol. The van der Waals surface area contributed by atoms with E-state index in [4.69, 9.17) is 4.74 Å². The van der Waals surface area contributed by atoms with Crippen LogP contribution in [0, 0.1) is 0 Å². The number of para-hydroxylation sites is 1. The normalized spacial score (nSPS) is 26.3. The number of halogens is 1. The molecule has 3 heterocycles. The third-order valence-electron chi connectivity index (χ3n) is 6.85. The molecule has 0 radical (unpaired) electrons. The number of benzene rings is 1. The Morgan fingerprint density at radius 3 is 2.50 bits per heavy atom. The van der Waals surface area contributed by atoms with Gasteiger partial charge in [0.1, 0.15) is 12.2 Å². The molecular formula is C23H31FN4O4. The SMILES string of the molecule is COC1CCNCC1F.Cn1c(=O)n(C2CCC(=O)NC2=O)c2cccc(C3CCC3)c21. The Hall–Kier alpha value is -2.52. The number of hydrogen-bond donors (Lipinski definition) is 2. The first-order valence-electron chi connectivity index (χ1n) is 11.3. The van der Waals surface area contributed by atoms with E-state index in [9.17, 15) is 18.8 Å². The van der Waals surface area contributed by atoms with Crippen LogP contribution in [0.15, 0.2) is 23.0 Å². The molecule has 1 aliphatic carbocycles. The van der Waals surface area contributed by atoms with Crippen LogP contribution in [0.2, 0.25) is 0 Å². The largest absolute Gasteiger partial charge is 0.378 e. The molecule has 174 valence electrons. The second-order valence-corrected chi connectivity index (χ2v) is 8.80. The first-order chi connectivity index (χ1) is 15.4. The van der Waals surface area contributed by atoms with Crippen LogP contribution in [0.5, 0.6) is 0 Å². The van der Waals surface area contributed by atoms with Gasteiger partial charge in [0.05, 0.1) is 17.1 Å². The van der Waals surface area contributed by atoms with Crippen LogP contribution in [-0.4, -0.2) is 53.4 Å². The van der Waals surface area contributed by atoms with Crippen LogP contribution in [0.4, 0.5) is 4.39 Å². The van der Waals surface area contributed by atoms with Gasteiger partial charge in [0.2, 0.25) is 11.8 Å². The number of carbonyl (C=O) groups excluding carboxylic acids is 2. The number of imidazole rings is 1. The van der Waals surface area contributed by atoms with Crippen molar-refractivity contribution in [1.82, 2.24) is 19.8 Å². The van der Waals surface area contributed by atoms with Crippen molar-refractivity contribution in [3.63, 3.8) is 0 Å². The lowest BCUT2D eigenvalue weighted by atomic mass is 9.79. The van der Waals surface area contributed by atoms with E-state index >= 15 is 0 Å². The summed E-state index contributed by atoms with van der Waals surface area (Å²) in [6.07, 6.45) is 3.96. The Bertz CT molecular complexity index is 1060. The molecule has 0 bridgehead atoms. The summed E-state index contributed by atoms with van der Waals surface area (Å²) in [5, 5.41) is 5.29. The number of hydrogen-bond acceptors (Lipinski definition) is 5. The summed E-state index contributed by atoms with van der Waals surface area (Å²) < 4.78 is 20.7. The fourth-order valence-electron chi connectivity index (χ4n) is 4.81. The van der Waals surface area contributed by atoms with Crippen molar-refractivity contribution in [2.75, 3.05) is 20.2 Å². The predicted octanol–water partition coefficient (Wildman–Crippen LogP) is 1.92. The number of rotatable bonds is 3. The first kappa shape index (κ1) is 22.7. The van der Waals surface area contributed by atoms with Crippen molar-refractivity contribution in [1.29, 1.82) is 0 Å². The van der Waals surface area contributed by atoms with Gasteiger partial charge in [-0.15, -0.1) is 0 Å². The minimum atomic E-state index is -0.816. The summed E-state index contributed by atoms with van der Waals surface area (Å²) >= 11 is 0. The number of aryl methyl sites for hydroxylation is 1. The molecule has 8 nitrogen and oxygen atoms in total. The molecule has 2 aliphatic heterocycles. The third-order valence-corrected chi connectivity index (χ3v) is 6.85. The number of imide groups is 1. The summed E-state index contributed by atoms with van der Waals surface area (Å²) in [4.78, 5) is 36.3. The van der Waals surface area contributed by atoms with Gasteiger partial charge in [-0.1, -0.05) is 18.6 Å². The molecule has 1 aromatic carbocycles. The number of nitrogens with one attached hydrogen (secondary N) is 2. The molecule has 1 aromatic heterocycles. The maximum absolute atomic E-state index is 12.8. The standard InChI is InChI=1S/C17H19N3O3.C6H12FNO/c1-19-15-11(10-4-2-5-10)6-3-7-12(15)20(17(19)23)13-8-9-14(21)18-16(13)22;1-9-6-2-3-8-4-5(6)7/h3,6-7,10,13H,2,4-5,8-9H2,1H3,(H,18,21,22);5-6,8H,2-4H2,1H3. The molecular weight excluding hydrogens is 415 g/mol. The Kier molecular flexibility index (Phi) is 6.76. The van der Waals surface area contributed by atoms with Gasteiger partial charge in [0.25, 0.3) is 0 Å². The molecule has 2 saturated heterocycles. The lowest BCUT2D eigenvalue weighted by molar-refractivity contribution is -0.135. The number of piperidine rings is 2. The highest BCUT2D eigenvalue weighted by Crippen LogP contribution is 2.39. The van der Waals surface area contributed by atoms with Crippen LogP contribution in [-0.2, 0) is 21.4 Å². The smallest absolute Gasteiger partial charge is 0.329 e. The van der Waals surface area contributed by atoms with E-state index in [0.29, 0.717) is 18.9 Å². The fraction of sp³-hybridized carbons (Fsp3) is 0.609. The summed E-state index contributed by atoms with van der Waals surface area (Å²) in [6.45, 7) is 1.32. The Morgan fingerprint density at radius 2 is 1.91 bits per heavy atom. The second-order valence-electron chi connectivity index (χ2n) is 8.80. The maximum Gasteiger partial charge on any atom is 0.329 e. The van der Waals surface area contributed by atoms with Gasteiger partial charge in [-0.05, 0) is 49.8 Å². The van der Waals surface area contributed by atoms with Crippen molar-refractivity contribution in [2.24, 2.45) is 7.05 Å². The number of alkyl halides is 1. The van der Waals surface area contributed by atoms with Gasteiger partial charge < -0.3 is 10.1 Å². The molecule has 9 heteroatoms. The highest BCUT2D eigenvalue weighted by atomic mass is 19.1. The first-order valence-corrected chi connectivity index (χ1v) is 11.3. The number of methoxy groups -OCH3 is 1. The van der Waals surface area contributed by atoms with Gasteiger partial charge in [-0.3, -0.25) is 24.0 Å². The van der Waals surface area contributed by atoms with Gasteiger partial charge in [-0.25, -0.2) is 9.18 Å². The minimum absolute atomic E-state index is 0.175. The van der Waals surface area contributed by atoms with E-state index in [-0.39, 0.29) is 30.0 Å². The molecule has 3 fully saturated rings. The average Bonchev–Trinajstić information content (AvgIpc) is 2.99. The van der Waals surface area contributed by atoms with Gasteiger partial charge in [0.15, 0.2) is 0 Å². The molecule has 1 saturated carbocycles. The Balaban J connectivity index is 0.000000230. The topological polar surface area (TPSA) is 94.4 Å². The summed E-state index contributed by atoms with van der Waals surface area (Å²) in [7, 11) is 3.32. The summed E-state index contributed by atoms with van der Waals surface area (Å²) in [5.74, 6) is -0.151. The van der Waals surface area contributed by atoms with Crippen LogP contribution < -0.4 is 16.3 Å². The molecule has 2 N–H and O–H groups in total. The van der Waals surface area contributed by atoms with Crippen molar-refractivity contribution >= 4 is 22.8 Å². The molecule has 2 aromatic rings. The van der Waals surface area contributed by atoms with E-state index in [1.165, 1.54) is 12.0 Å². The van der Waals surface area contributed by atoms with E-state index in [1.807, 2.05) is 12.1 Å². The lowest BCUT2D eigenvalue weighted by Gasteiger charge is -2.26. The van der Waals surface area contributed by atoms with E-state index < -0.39 is 12.2 Å². The van der Waals surface area contributed by atoms with Gasteiger partial charge in [0, 0.05) is 27.1 Å². The zero-order valence-electron chi connectivity index (χ0n) is 18.6. The van der Waals surface area contributed by atoms with Crippen LogP contribution in [0.25, 0.3) is 11.0 Å². The highest BCUT2D eigenvalue weighted by molar-refractivity contribution is 6.00. The maximum atomic E-state index is 12.8. The number of nitrogens with zero attached hydrogens (tertiary/aromatic N) is 2. The molecule has 3 aliphatic rings. The monoisotopic (exact) mass is 446 g/mol. The van der Waals surface area contributed by atoms with Crippen molar-refractivity contribution in [2.45, 2.75) is 62.8 Å². The average molecular weight is 447 g/mol. The minimum Gasteiger partial charge on any atom is -0.378 e. The number of aromatic nitrogens is 2. The number of ether oxygens (including phenoxy) is 1. The number of carbonyl (C=O) groups is 2. The van der Waals surface area contributed by atoms with Crippen molar-refractivity contribution < 1.29 is 18.7 Å². The van der Waals surface area contributed by atoms with Crippen LogP contribution in [0.1, 0.15) is 56.0 Å². The lowest BCUT2D eigenvalue weighted by Crippen LogP contribution is -2.44. The molecule has 3 unspecified atom stereocenters. The Morgan fingerprint density at radius 1 is 1.12 bits per heavy atom. The molecule has 32 heavy (non-hydrogen) atoms. The van der Waals surface area contributed by atoms with Crippen molar-refractivity contribution in [3.8, 4) is 0 Å².